The Hall–Kier alpha value is -1.12. The molecule has 130 valence electrons. The number of aromatic hydroxyl groups is 1. The fraction of sp³-hybridized carbons (Fsp3) is 0.0625. The summed E-state index contributed by atoms with van der Waals surface area (Å²) in [5, 5.41) is 11.0. The van der Waals surface area contributed by atoms with E-state index in [4.69, 9.17) is 23.2 Å². The van der Waals surface area contributed by atoms with E-state index in [0.717, 1.165) is 4.88 Å². The van der Waals surface area contributed by atoms with Gasteiger partial charge in [-0.3, -0.25) is 9.29 Å². The first-order valence-electron chi connectivity index (χ1n) is 6.96. The van der Waals surface area contributed by atoms with Crippen molar-refractivity contribution >= 4 is 67.1 Å². The molecule has 4 nitrogen and oxygen atoms in total. The second-order valence-electron chi connectivity index (χ2n) is 4.96. The molecule has 0 fully saturated rings. The maximum Gasteiger partial charge on any atom is 0.157 e. The predicted molar refractivity (Wildman–Crippen MR) is 107 cm³/mol. The zero-order chi connectivity index (χ0) is 18.0. The second kappa shape index (κ2) is 8.05. The number of phenols is 1. The van der Waals surface area contributed by atoms with Crippen LogP contribution >= 0.6 is 50.5 Å². The molecule has 25 heavy (non-hydrogen) atoms. The van der Waals surface area contributed by atoms with E-state index in [1.54, 1.807) is 52.4 Å². The summed E-state index contributed by atoms with van der Waals surface area (Å²) in [6, 6.07) is 10.1. The Morgan fingerprint density at radius 1 is 1.24 bits per heavy atom. The van der Waals surface area contributed by atoms with Crippen molar-refractivity contribution in [1.29, 1.82) is 0 Å². The van der Waals surface area contributed by atoms with E-state index >= 15 is 0 Å². The van der Waals surface area contributed by atoms with Gasteiger partial charge in [-0.15, -0.1) is 11.3 Å². The summed E-state index contributed by atoms with van der Waals surface area (Å²) in [6.45, 7) is 0.364. The van der Waals surface area contributed by atoms with Gasteiger partial charge < -0.3 is 5.11 Å². The molecule has 0 saturated heterocycles. The van der Waals surface area contributed by atoms with E-state index in [9.17, 15) is 9.32 Å². The van der Waals surface area contributed by atoms with E-state index in [2.05, 4.69) is 20.9 Å². The van der Waals surface area contributed by atoms with Crippen molar-refractivity contribution in [2.75, 3.05) is 4.31 Å². The Balaban J connectivity index is 2.04. The first-order valence-corrected chi connectivity index (χ1v) is 10.5. The molecule has 0 saturated carbocycles. The van der Waals surface area contributed by atoms with Crippen LogP contribution in [0.25, 0.3) is 0 Å². The Morgan fingerprint density at radius 3 is 2.60 bits per heavy atom. The van der Waals surface area contributed by atoms with E-state index in [1.165, 1.54) is 11.3 Å². The molecule has 0 aliphatic carbocycles. The monoisotopic (exact) mass is 476 g/mol. The number of nitrogens with zero attached hydrogens (tertiary/aromatic N) is 2. The van der Waals surface area contributed by atoms with Crippen molar-refractivity contribution in [3.05, 3.63) is 67.5 Å². The van der Waals surface area contributed by atoms with Crippen LogP contribution in [0.1, 0.15) is 4.88 Å². The van der Waals surface area contributed by atoms with E-state index < -0.39 is 11.0 Å². The Kier molecular flexibility index (Phi) is 6.01. The van der Waals surface area contributed by atoms with E-state index in [-0.39, 0.29) is 15.7 Å². The number of thiazole rings is 1. The van der Waals surface area contributed by atoms with Gasteiger partial charge in [0.25, 0.3) is 0 Å². The standard InChI is InChI=1S/C16H11BrCl2N2O2S2/c17-10-5-14(19)16(22)15(6-10)25(23)21(8-13-7-20-9-24-13)12-3-1-11(18)2-4-12/h1-7,9,22H,8H2. The number of hydrogen-bond acceptors (Lipinski definition) is 4. The molecule has 1 atom stereocenters. The Morgan fingerprint density at radius 2 is 1.96 bits per heavy atom. The van der Waals surface area contributed by atoms with Crippen LogP contribution in [0.2, 0.25) is 10.0 Å². The summed E-state index contributed by atoms with van der Waals surface area (Å²) in [4.78, 5) is 5.21. The number of aromatic nitrogens is 1. The highest BCUT2D eigenvalue weighted by Crippen LogP contribution is 2.36. The van der Waals surface area contributed by atoms with Gasteiger partial charge in [-0.25, -0.2) is 4.21 Å². The lowest BCUT2D eigenvalue weighted by molar-refractivity contribution is 0.461. The molecule has 3 rings (SSSR count). The van der Waals surface area contributed by atoms with Gasteiger partial charge in [-0.05, 0) is 36.4 Å². The van der Waals surface area contributed by atoms with Gasteiger partial charge in [0.2, 0.25) is 0 Å². The van der Waals surface area contributed by atoms with E-state index in [1.807, 2.05) is 0 Å². The number of halogens is 3. The van der Waals surface area contributed by atoms with Crippen molar-refractivity contribution < 1.29 is 9.32 Å². The number of benzene rings is 2. The highest BCUT2D eigenvalue weighted by molar-refractivity contribution is 9.10. The molecular weight excluding hydrogens is 467 g/mol. The molecule has 0 aliphatic heterocycles. The molecular formula is C16H11BrCl2N2O2S2. The van der Waals surface area contributed by atoms with Crippen molar-refractivity contribution in [3.63, 3.8) is 0 Å². The summed E-state index contributed by atoms with van der Waals surface area (Å²) in [5.41, 5.74) is 2.41. The molecule has 1 heterocycles. The average molecular weight is 478 g/mol. The molecule has 9 heteroatoms. The Bertz CT molecular complexity index is 905. The van der Waals surface area contributed by atoms with Gasteiger partial charge in [0.05, 0.1) is 22.8 Å². The Labute approximate surface area is 169 Å². The van der Waals surface area contributed by atoms with Crippen molar-refractivity contribution in [2.45, 2.75) is 11.4 Å². The third-order valence-corrected chi connectivity index (χ3v) is 6.47. The number of hydrogen-bond donors (Lipinski definition) is 1. The molecule has 1 aromatic heterocycles. The summed E-state index contributed by atoms with van der Waals surface area (Å²) in [7, 11) is -1.69. The number of rotatable bonds is 5. The van der Waals surface area contributed by atoms with E-state index in [0.29, 0.717) is 21.7 Å². The summed E-state index contributed by atoms with van der Waals surface area (Å²) in [5.74, 6) is -0.202. The van der Waals surface area contributed by atoms with Crippen molar-refractivity contribution in [2.24, 2.45) is 0 Å². The van der Waals surface area contributed by atoms with Crippen LogP contribution < -0.4 is 4.31 Å². The van der Waals surface area contributed by atoms with Crippen LogP contribution in [-0.4, -0.2) is 14.3 Å². The molecule has 0 amide bonds. The minimum atomic E-state index is -1.69. The maximum absolute atomic E-state index is 13.2. The number of anilines is 1. The van der Waals surface area contributed by atoms with Gasteiger partial charge in [-0.1, -0.05) is 39.1 Å². The van der Waals surface area contributed by atoms with Crippen LogP contribution in [0.5, 0.6) is 5.75 Å². The lowest BCUT2D eigenvalue weighted by atomic mass is 10.3. The highest BCUT2D eigenvalue weighted by Gasteiger charge is 2.22. The fourth-order valence-electron chi connectivity index (χ4n) is 2.11. The van der Waals surface area contributed by atoms with Crippen molar-refractivity contribution in [3.8, 4) is 5.75 Å². The molecule has 1 unspecified atom stereocenters. The molecule has 2 aromatic carbocycles. The predicted octanol–water partition coefficient (Wildman–Crippen LogP) is 5.65. The SMILES string of the molecule is O=S(c1cc(Br)cc(Cl)c1O)N(Cc1cncs1)c1ccc(Cl)cc1. The highest BCUT2D eigenvalue weighted by atomic mass is 79.9. The van der Waals surface area contributed by atoms with Gasteiger partial charge >= 0.3 is 0 Å². The number of phenolic OH excluding ortho intramolecular Hbond substituents is 1. The zero-order valence-electron chi connectivity index (χ0n) is 12.5. The maximum atomic E-state index is 13.2. The van der Waals surface area contributed by atoms with Gasteiger partial charge in [-0.2, -0.15) is 0 Å². The fourth-order valence-corrected chi connectivity index (χ4v) is 5.23. The lowest BCUT2D eigenvalue weighted by Gasteiger charge is -2.23. The van der Waals surface area contributed by atoms with Crippen LogP contribution in [0.15, 0.2) is 57.5 Å². The molecule has 3 aromatic rings. The largest absolute Gasteiger partial charge is 0.505 e. The minimum absolute atomic E-state index is 0.131. The molecule has 0 spiro atoms. The normalized spacial score (nSPS) is 12.1. The van der Waals surface area contributed by atoms with Crippen LogP contribution in [0.3, 0.4) is 0 Å². The quantitative estimate of drug-likeness (QED) is 0.516. The van der Waals surface area contributed by atoms with Gasteiger partial charge in [0.15, 0.2) is 16.7 Å². The smallest absolute Gasteiger partial charge is 0.157 e. The topological polar surface area (TPSA) is 53.4 Å². The minimum Gasteiger partial charge on any atom is -0.505 e. The summed E-state index contributed by atoms with van der Waals surface area (Å²) < 4.78 is 15.5. The van der Waals surface area contributed by atoms with Crippen molar-refractivity contribution in [1.82, 2.24) is 4.98 Å². The molecule has 1 N–H and O–H groups in total. The lowest BCUT2D eigenvalue weighted by Crippen LogP contribution is -2.25. The van der Waals surface area contributed by atoms with Gasteiger partial charge in [0.1, 0.15) is 4.90 Å². The first-order chi connectivity index (χ1) is 12.0. The average Bonchev–Trinajstić information content (AvgIpc) is 3.09. The zero-order valence-corrected chi connectivity index (χ0v) is 17.3. The van der Waals surface area contributed by atoms with Crippen LogP contribution in [-0.2, 0) is 17.5 Å². The summed E-state index contributed by atoms with van der Waals surface area (Å²) in [6.07, 6.45) is 1.72. The second-order valence-corrected chi connectivity index (χ2v) is 9.07. The third-order valence-electron chi connectivity index (χ3n) is 3.28. The molecule has 0 aliphatic rings. The molecule has 0 bridgehead atoms. The van der Waals surface area contributed by atoms with Gasteiger partial charge in [0, 0.05) is 20.6 Å². The van der Waals surface area contributed by atoms with Crippen LogP contribution in [0, 0.1) is 0 Å². The molecule has 0 radical (unpaired) electrons. The summed E-state index contributed by atoms with van der Waals surface area (Å²) >= 11 is 16.8. The third kappa shape index (κ3) is 4.35. The van der Waals surface area contributed by atoms with Crippen LogP contribution in [0.4, 0.5) is 5.69 Å². The first kappa shape index (κ1) is 18.7.